The lowest BCUT2D eigenvalue weighted by molar-refractivity contribution is -0.0502. The third-order valence-electron chi connectivity index (χ3n) is 7.96. The monoisotopic (exact) mass is 623 g/mol. The number of hydrogen-bond donors (Lipinski definition) is 2. The fourth-order valence-corrected chi connectivity index (χ4v) is 5.66. The van der Waals surface area contributed by atoms with Crippen molar-refractivity contribution in [2.45, 2.75) is 56.9 Å². The minimum absolute atomic E-state index is 0.0296. The van der Waals surface area contributed by atoms with Crippen LogP contribution in [0.1, 0.15) is 41.6 Å². The Balaban J connectivity index is 1.42. The SMILES string of the molecule is COc1cc(-c2c3c(C(F)F)cc(-c4cnn(CC5CC(O)C5)c4)cc3nn2C)cc(OC(F)F)c1C(=O)N[C@@H]1CC1(F)F. The molecular formula is C29H27F6N5O4. The van der Waals surface area contributed by atoms with Crippen LogP contribution in [-0.4, -0.2) is 62.4 Å². The van der Waals surface area contributed by atoms with Gasteiger partial charge in [0.05, 0.1) is 36.7 Å². The molecule has 2 saturated carbocycles. The zero-order chi connectivity index (χ0) is 31.5. The van der Waals surface area contributed by atoms with E-state index in [0.717, 1.165) is 13.2 Å². The number of carbonyl (C=O) groups is 1. The van der Waals surface area contributed by atoms with Crippen LogP contribution in [0.3, 0.4) is 0 Å². The lowest BCUT2D eigenvalue weighted by Crippen LogP contribution is -2.31. The summed E-state index contributed by atoms with van der Waals surface area (Å²) in [5.74, 6) is -4.95. The number of benzene rings is 2. The smallest absolute Gasteiger partial charge is 0.387 e. The van der Waals surface area contributed by atoms with Gasteiger partial charge in [0.25, 0.3) is 18.3 Å². The lowest BCUT2D eigenvalue weighted by atomic mass is 9.82. The molecule has 1 amide bonds. The van der Waals surface area contributed by atoms with Crippen molar-refractivity contribution in [3.8, 4) is 33.9 Å². The number of aliphatic hydroxyl groups is 1. The van der Waals surface area contributed by atoms with E-state index in [1.54, 1.807) is 23.1 Å². The first-order valence-electron chi connectivity index (χ1n) is 13.7. The largest absolute Gasteiger partial charge is 0.496 e. The van der Waals surface area contributed by atoms with Crippen molar-refractivity contribution in [2.75, 3.05) is 7.11 Å². The standard InChI is InChI=1S/C29H27F6N5O4/c1-39-25(15-7-20(43-2)24(21(8-15)44-28(32)33)27(42)37-22-9-29(22,34)35)23-18(26(30)31)5-14(6-19(23)38-39)16-10-36-40(12-16)11-13-3-17(41)4-13/h5-8,10,12-13,17,22,26,28,41H,3-4,9,11H2,1-2H3,(H,37,42)/t13?,17?,22-/m1/s1. The summed E-state index contributed by atoms with van der Waals surface area (Å²) in [5.41, 5.74) is 0.407. The molecule has 1 atom stereocenters. The Labute approximate surface area is 246 Å². The van der Waals surface area contributed by atoms with Gasteiger partial charge in [-0.25, -0.2) is 17.6 Å². The quantitative estimate of drug-likeness (QED) is 0.224. The first-order chi connectivity index (χ1) is 20.8. The van der Waals surface area contributed by atoms with Gasteiger partial charge in [-0.05, 0) is 48.6 Å². The highest BCUT2D eigenvalue weighted by atomic mass is 19.3. The second-order valence-corrected chi connectivity index (χ2v) is 11.1. The molecule has 2 heterocycles. The maximum atomic E-state index is 14.6. The van der Waals surface area contributed by atoms with Gasteiger partial charge in [-0.1, -0.05) is 0 Å². The molecule has 2 aromatic heterocycles. The number of rotatable bonds is 10. The van der Waals surface area contributed by atoms with Crippen LogP contribution in [0, 0.1) is 5.92 Å². The van der Waals surface area contributed by atoms with Crippen LogP contribution in [0.2, 0.25) is 0 Å². The van der Waals surface area contributed by atoms with Crippen LogP contribution in [0.5, 0.6) is 11.5 Å². The topological polar surface area (TPSA) is 103 Å². The molecule has 44 heavy (non-hydrogen) atoms. The summed E-state index contributed by atoms with van der Waals surface area (Å²) in [7, 11) is 2.62. The Morgan fingerprint density at radius 2 is 1.82 bits per heavy atom. The highest BCUT2D eigenvalue weighted by Crippen LogP contribution is 2.44. The molecule has 0 unspecified atom stereocenters. The summed E-state index contributed by atoms with van der Waals surface area (Å²) in [6.07, 6.45) is 0.743. The number of hydrogen-bond acceptors (Lipinski definition) is 6. The van der Waals surface area contributed by atoms with E-state index in [9.17, 15) is 36.2 Å². The van der Waals surface area contributed by atoms with Gasteiger partial charge in [0.2, 0.25) is 0 Å². The van der Waals surface area contributed by atoms with Gasteiger partial charge >= 0.3 is 6.61 Å². The molecule has 0 aliphatic heterocycles. The molecular weight excluding hydrogens is 596 g/mol. The van der Waals surface area contributed by atoms with Crippen LogP contribution in [-0.2, 0) is 13.6 Å². The third-order valence-corrected chi connectivity index (χ3v) is 7.96. The van der Waals surface area contributed by atoms with Gasteiger partial charge in [-0.3, -0.25) is 14.2 Å². The van der Waals surface area contributed by atoms with Gasteiger partial charge in [0, 0.05) is 48.3 Å². The van der Waals surface area contributed by atoms with E-state index in [2.05, 4.69) is 20.3 Å². The number of aryl methyl sites for hydroxylation is 1. The number of amides is 1. The van der Waals surface area contributed by atoms with E-state index in [1.807, 2.05) is 0 Å². The molecule has 2 aromatic carbocycles. The Kier molecular flexibility index (Phi) is 7.46. The predicted molar refractivity (Wildman–Crippen MR) is 145 cm³/mol. The molecule has 6 rings (SSSR count). The molecule has 0 saturated heterocycles. The summed E-state index contributed by atoms with van der Waals surface area (Å²) in [4.78, 5) is 12.9. The van der Waals surface area contributed by atoms with Gasteiger partial charge in [0.15, 0.2) is 0 Å². The Bertz CT molecular complexity index is 1730. The fourth-order valence-electron chi connectivity index (χ4n) is 5.66. The normalized spacial score (nSPS) is 20.7. The average Bonchev–Trinajstić information content (AvgIpc) is 3.24. The number of alkyl halides is 6. The zero-order valence-electron chi connectivity index (χ0n) is 23.4. The number of methoxy groups -OCH3 is 1. The Morgan fingerprint density at radius 1 is 1.11 bits per heavy atom. The number of halogens is 6. The van der Waals surface area contributed by atoms with Crippen molar-refractivity contribution in [1.82, 2.24) is 24.9 Å². The molecule has 234 valence electrons. The zero-order valence-corrected chi connectivity index (χ0v) is 23.4. The van der Waals surface area contributed by atoms with E-state index < -0.39 is 48.6 Å². The molecule has 2 N–H and O–H groups in total. The maximum absolute atomic E-state index is 14.6. The fraction of sp³-hybridized carbons (Fsp3) is 0.414. The second kappa shape index (κ2) is 11.0. The number of aromatic nitrogens is 4. The third kappa shape index (κ3) is 5.55. The minimum Gasteiger partial charge on any atom is -0.496 e. The molecule has 2 fully saturated rings. The van der Waals surface area contributed by atoms with Crippen LogP contribution < -0.4 is 14.8 Å². The number of nitrogens with one attached hydrogen (secondary N) is 1. The highest BCUT2D eigenvalue weighted by Gasteiger charge is 2.58. The molecule has 4 aromatic rings. The summed E-state index contributed by atoms with van der Waals surface area (Å²) in [6.45, 7) is -2.82. The van der Waals surface area contributed by atoms with Crippen molar-refractivity contribution in [3.63, 3.8) is 0 Å². The van der Waals surface area contributed by atoms with Gasteiger partial charge in [0.1, 0.15) is 17.1 Å². The highest BCUT2D eigenvalue weighted by molar-refractivity contribution is 6.03. The van der Waals surface area contributed by atoms with E-state index in [1.165, 1.54) is 23.9 Å². The minimum atomic E-state index is -3.40. The van der Waals surface area contributed by atoms with E-state index in [-0.39, 0.29) is 45.5 Å². The summed E-state index contributed by atoms with van der Waals surface area (Å²) >= 11 is 0. The van der Waals surface area contributed by atoms with Crippen LogP contribution in [0.25, 0.3) is 33.3 Å². The molecule has 9 nitrogen and oxygen atoms in total. The van der Waals surface area contributed by atoms with E-state index in [0.29, 0.717) is 30.5 Å². The van der Waals surface area contributed by atoms with Crippen LogP contribution in [0.4, 0.5) is 26.3 Å². The average molecular weight is 624 g/mol. The summed E-state index contributed by atoms with van der Waals surface area (Å²) in [5, 5.41) is 20.4. The van der Waals surface area contributed by atoms with Crippen molar-refractivity contribution in [1.29, 1.82) is 0 Å². The van der Waals surface area contributed by atoms with Gasteiger partial charge in [-0.2, -0.15) is 19.0 Å². The van der Waals surface area contributed by atoms with E-state index in [4.69, 9.17) is 4.74 Å². The first kappa shape index (κ1) is 29.8. The number of carbonyl (C=O) groups excluding carboxylic acids is 1. The molecule has 0 spiro atoms. The maximum Gasteiger partial charge on any atom is 0.387 e. The van der Waals surface area contributed by atoms with Crippen molar-refractivity contribution in [2.24, 2.45) is 13.0 Å². The number of fused-ring (bicyclic) bond motifs is 1. The predicted octanol–water partition coefficient (Wildman–Crippen LogP) is 5.56. The van der Waals surface area contributed by atoms with Crippen molar-refractivity contribution in [3.05, 3.63) is 47.8 Å². The van der Waals surface area contributed by atoms with Crippen LogP contribution >= 0.6 is 0 Å². The Hall–Kier alpha value is -4.27. The summed E-state index contributed by atoms with van der Waals surface area (Å²) < 4.78 is 95.8. The number of ether oxygens (including phenoxy) is 2. The summed E-state index contributed by atoms with van der Waals surface area (Å²) in [6, 6.07) is 3.72. The number of aliphatic hydroxyl groups excluding tert-OH is 1. The lowest BCUT2D eigenvalue weighted by Gasteiger charge is -2.31. The molecule has 0 bridgehead atoms. The first-order valence-corrected chi connectivity index (χ1v) is 13.7. The Morgan fingerprint density at radius 3 is 2.43 bits per heavy atom. The molecule has 15 heteroatoms. The van der Waals surface area contributed by atoms with Gasteiger partial charge in [-0.15, -0.1) is 0 Å². The van der Waals surface area contributed by atoms with Crippen LogP contribution in [0.15, 0.2) is 36.7 Å². The second-order valence-electron chi connectivity index (χ2n) is 11.1. The van der Waals surface area contributed by atoms with Crippen molar-refractivity contribution < 1.29 is 45.7 Å². The van der Waals surface area contributed by atoms with E-state index >= 15 is 0 Å². The molecule has 2 aliphatic rings. The number of nitrogens with zero attached hydrogens (tertiary/aromatic N) is 4. The molecule has 2 aliphatic carbocycles. The van der Waals surface area contributed by atoms with Crippen molar-refractivity contribution >= 4 is 16.8 Å². The van der Waals surface area contributed by atoms with Gasteiger partial charge < -0.3 is 19.9 Å². The molecule has 0 radical (unpaired) electrons.